The van der Waals surface area contributed by atoms with Gasteiger partial charge in [0.1, 0.15) is 0 Å². The summed E-state index contributed by atoms with van der Waals surface area (Å²) >= 11 is 0. The van der Waals surface area contributed by atoms with Crippen LogP contribution in [0.4, 0.5) is 0 Å². The molecule has 11 heavy (non-hydrogen) atoms. The van der Waals surface area contributed by atoms with Crippen LogP contribution in [-0.2, 0) is 4.74 Å². The van der Waals surface area contributed by atoms with Crippen LogP contribution in [0, 0.1) is 0 Å². The van der Waals surface area contributed by atoms with E-state index >= 15 is 0 Å². The second-order valence-electron chi connectivity index (χ2n) is 3.61. The number of hydrogen-bond donors (Lipinski definition) is 0. The molecule has 0 aromatic rings. The van der Waals surface area contributed by atoms with E-state index in [1.807, 2.05) is 20.8 Å². The first kappa shape index (κ1) is 10.9. The van der Waals surface area contributed by atoms with Crippen molar-refractivity contribution in [2.75, 3.05) is 0 Å². The molecule has 1 aliphatic carbocycles. The zero-order chi connectivity index (χ0) is 7.78. The average Bonchev–Trinajstić information content (AvgIpc) is 2.35. The molecule has 0 N–H and O–H groups in total. The maximum atomic E-state index is 11.0. The summed E-state index contributed by atoms with van der Waals surface area (Å²) in [5.74, 6) is -0.104. The second kappa shape index (κ2) is 3.56. The van der Waals surface area contributed by atoms with Gasteiger partial charge < -0.3 is 9.84 Å². The predicted octanol–water partition coefficient (Wildman–Crippen LogP) is -1.83. The Kier molecular flexibility index (Phi) is 3.54. The van der Waals surface area contributed by atoms with Gasteiger partial charge in [-0.3, -0.25) is 0 Å². The molecule has 0 spiro atoms. The summed E-state index contributed by atoms with van der Waals surface area (Å²) in [6.07, 6.45) is 1.88. The maximum absolute atomic E-state index is 11.0. The van der Waals surface area contributed by atoms with Gasteiger partial charge in [-0.15, -0.1) is 0 Å². The van der Waals surface area contributed by atoms with E-state index in [0.717, 1.165) is 18.4 Å². The van der Waals surface area contributed by atoms with Crippen LogP contribution in [0.5, 0.6) is 0 Å². The van der Waals surface area contributed by atoms with E-state index < -0.39 is 0 Å². The number of ether oxygens (including phenoxy) is 1. The van der Waals surface area contributed by atoms with Gasteiger partial charge in [-0.05, 0) is 18.4 Å². The van der Waals surface area contributed by atoms with Gasteiger partial charge in [0.15, 0.2) is 0 Å². The van der Waals surface area contributed by atoms with Gasteiger partial charge in [-0.25, -0.2) is 0 Å². The van der Waals surface area contributed by atoms with Crippen molar-refractivity contribution in [3.05, 3.63) is 11.5 Å². The molecule has 2 nitrogen and oxygen atoms in total. The Hall–Kier alpha value is -0.0626. The molecule has 0 amide bonds. The molecule has 0 atom stereocenters. The summed E-state index contributed by atoms with van der Waals surface area (Å²) in [7, 11) is 0. The van der Waals surface area contributed by atoms with Crippen molar-refractivity contribution in [3.8, 4) is 0 Å². The fraction of sp³-hybridized carbons (Fsp3) is 0.750. The average molecular weight is 148 g/mol. The molecular formula is C8H13LiO2. The molecule has 0 bridgehead atoms. The number of rotatable bonds is 1. The van der Waals surface area contributed by atoms with Crippen LogP contribution in [0.3, 0.4) is 0 Å². The Morgan fingerprint density at radius 1 is 1.36 bits per heavy atom. The Bertz CT molecular complexity index is 161. The molecule has 0 saturated heterocycles. The monoisotopic (exact) mass is 148 g/mol. The van der Waals surface area contributed by atoms with Gasteiger partial charge in [-0.2, -0.15) is 0 Å². The second-order valence-corrected chi connectivity index (χ2v) is 3.61. The Morgan fingerprint density at radius 3 is 2.09 bits per heavy atom. The van der Waals surface area contributed by atoms with Crippen molar-refractivity contribution in [2.24, 2.45) is 0 Å². The van der Waals surface area contributed by atoms with Gasteiger partial charge in [-0.1, -0.05) is 20.8 Å². The van der Waals surface area contributed by atoms with Crippen molar-refractivity contribution in [2.45, 2.75) is 39.2 Å². The molecule has 0 aromatic heterocycles. The zero-order valence-electron chi connectivity index (χ0n) is 7.73. The van der Waals surface area contributed by atoms with Gasteiger partial charge in [0.05, 0.1) is 5.95 Å². The van der Waals surface area contributed by atoms with E-state index in [1.54, 1.807) is 0 Å². The number of hydrogen-bond acceptors (Lipinski definition) is 2. The first-order chi connectivity index (χ1) is 4.49. The predicted molar refractivity (Wildman–Crippen MR) is 37.1 cm³/mol. The first-order valence-electron chi connectivity index (χ1n) is 3.57. The van der Waals surface area contributed by atoms with E-state index in [-0.39, 0.29) is 30.4 Å². The largest absolute Gasteiger partial charge is 1.00 e. The minimum absolute atomic E-state index is 0. The summed E-state index contributed by atoms with van der Waals surface area (Å²) in [6, 6.07) is 0. The summed E-state index contributed by atoms with van der Waals surface area (Å²) in [4.78, 5) is 0. The summed E-state index contributed by atoms with van der Waals surface area (Å²) < 4.78 is 5.09. The van der Waals surface area contributed by atoms with Crippen LogP contribution in [0.25, 0.3) is 0 Å². The SMILES string of the molecule is CC(C)(C)OC([O-])=C1CC1.[Li+]. The molecule has 0 heterocycles. The fourth-order valence-electron chi connectivity index (χ4n) is 0.617. The van der Waals surface area contributed by atoms with Gasteiger partial charge in [0.2, 0.25) is 0 Å². The molecule has 58 valence electrons. The third kappa shape index (κ3) is 4.39. The molecule has 0 aromatic carbocycles. The van der Waals surface area contributed by atoms with Crippen molar-refractivity contribution in [3.63, 3.8) is 0 Å². The van der Waals surface area contributed by atoms with E-state index in [1.165, 1.54) is 0 Å². The van der Waals surface area contributed by atoms with Crippen molar-refractivity contribution >= 4 is 0 Å². The topological polar surface area (TPSA) is 32.3 Å². The summed E-state index contributed by atoms with van der Waals surface area (Å²) in [5.41, 5.74) is 0.613. The van der Waals surface area contributed by atoms with Crippen LogP contribution in [-0.4, -0.2) is 5.60 Å². The molecule has 3 heteroatoms. The molecule has 0 unspecified atom stereocenters. The Balaban J connectivity index is 0.000001000. The summed E-state index contributed by atoms with van der Waals surface area (Å²) in [6.45, 7) is 5.65. The fourth-order valence-corrected chi connectivity index (χ4v) is 0.617. The summed E-state index contributed by atoms with van der Waals surface area (Å²) in [5, 5.41) is 11.0. The van der Waals surface area contributed by atoms with E-state index in [9.17, 15) is 5.11 Å². The third-order valence-corrected chi connectivity index (χ3v) is 1.19. The number of allylic oxidation sites excluding steroid dienone is 1. The van der Waals surface area contributed by atoms with E-state index in [0.29, 0.717) is 0 Å². The van der Waals surface area contributed by atoms with Crippen molar-refractivity contribution in [1.82, 2.24) is 0 Å². The van der Waals surface area contributed by atoms with E-state index in [4.69, 9.17) is 4.74 Å². The molecule has 1 saturated carbocycles. The van der Waals surface area contributed by atoms with Crippen LogP contribution in [0.1, 0.15) is 33.6 Å². The van der Waals surface area contributed by atoms with Gasteiger partial charge in [0, 0.05) is 5.60 Å². The standard InChI is InChI=1S/C8H14O2.Li/c1-8(2,3)10-7(9)6-4-5-6;/h9H,4-5H2,1-3H3;/q;+1/p-1. The zero-order valence-corrected chi connectivity index (χ0v) is 7.73. The smallest absolute Gasteiger partial charge is 0.608 e. The molecule has 0 radical (unpaired) electrons. The van der Waals surface area contributed by atoms with Gasteiger partial charge in [0.25, 0.3) is 0 Å². The Labute approximate surface area is 79.8 Å². The Morgan fingerprint density at radius 2 is 1.82 bits per heavy atom. The van der Waals surface area contributed by atoms with Crippen LogP contribution in [0.15, 0.2) is 11.5 Å². The van der Waals surface area contributed by atoms with Crippen LogP contribution < -0.4 is 24.0 Å². The quantitative estimate of drug-likeness (QED) is 0.323. The minimum atomic E-state index is -0.327. The van der Waals surface area contributed by atoms with E-state index in [2.05, 4.69) is 0 Å². The van der Waals surface area contributed by atoms with Crippen molar-refractivity contribution in [1.29, 1.82) is 0 Å². The van der Waals surface area contributed by atoms with Gasteiger partial charge >= 0.3 is 18.9 Å². The maximum Gasteiger partial charge on any atom is 1.00 e. The third-order valence-electron chi connectivity index (χ3n) is 1.19. The molecular weight excluding hydrogens is 135 g/mol. The molecule has 1 rings (SSSR count). The van der Waals surface area contributed by atoms with Crippen molar-refractivity contribution < 1.29 is 28.7 Å². The molecule has 1 fully saturated rings. The first-order valence-corrected chi connectivity index (χ1v) is 3.57. The molecule has 1 aliphatic rings. The van der Waals surface area contributed by atoms with Crippen LogP contribution in [0.2, 0.25) is 0 Å². The normalized spacial score (nSPS) is 15.4. The van der Waals surface area contributed by atoms with Crippen LogP contribution >= 0.6 is 0 Å². The molecule has 0 aliphatic heterocycles. The minimum Gasteiger partial charge on any atom is -0.608 e.